The molecule has 0 atom stereocenters. The van der Waals surface area contributed by atoms with Gasteiger partial charge in [0.1, 0.15) is 0 Å². The number of carbonyl (C=O) groups is 1. The second kappa shape index (κ2) is 8.48. The third-order valence-corrected chi connectivity index (χ3v) is 3.60. The molecule has 0 unspecified atom stereocenters. The zero-order chi connectivity index (χ0) is 12.5. The number of amides is 1. The molecule has 2 N–H and O–H groups in total. The normalized spacial score (nSPS) is 17.4. The number of piperidine rings is 1. The molecule has 0 aliphatic carbocycles. The van der Waals surface area contributed by atoms with Gasteiger partial charge in [-0.15, -0.1) is 0 Å². The Kier molecular flexibility index (Phi) is 7.21. The molecule has 17 heavy (non-hydrogen) atoms. The van der Waals surface area contributed by atoms with Crippen LogP contribution in [-0.4, -0.2) is 51.1 Å². The van der Waals surface area contributed by atoms with E-state index >= 15 is 0 Å². The van der Waals surface area contributed by atoms with Gasteiger partial charge in [0.05, 0.1) is 0 Å². The molecular weight excluding hydrogens is 214 g/mol. The van der Waals surface area contributed by atoms with Crippen LogP contribution in [-0.2, 0) is 4.79 Å². The molecule has 1 heterocycles. The first-order valence-electron chi connectivity index (χ1n) is 6.82. The van der Waals surface area contributed by atoms with Gasteiger partial charge in [-0.3, -0.25) is 4.79 Å². The van der Waals surface area contributed by atoms with Crippen molar-refractivity contribution in [2.45, 2.75) is 32.1 Å². The highest BCUT2D eigenvalue weighted by Gasteiger charge is 2.13. The molecule has 0 bridgehead atoms. The first kappa shape index (κ1) is 14.5. The molecule has 0 aromatic carbocycles. The minimum Gasteiger partial charge on any atom is -0.359 e. The number of nitrogens with zero attached hydrogens (tertiary/aromatic N) is 1. The molecule has 0 saturated carbocycles. The van der Waals surface area contributed by atoms with Crippen molar-refractivity contribution >= 4 is 5.91 Å². The first-order chi connectivity index (χ1) is 8.22. The van der Waals surface area contributed by atoms with E-state index in [-0.39, 0.29) is 5.91 Å². The first-order valence-corrected chi connectivity index (χ1v) is 6.82. The van der Waals surface area contributed by atoms with E-state index < -0.39 is 0 Å². The van der Waals surface area contributed by atoms with E-state index in [0.29, 0.717) is 6.42 Å². The van der Waals surface area contributed by atoms with Crippen LogP contribution >= 0.6 is 0 Å². The lowest BCUT2D eigenvalue weighted by molar-refractivity contribution is -0.120. The standard InChI is InChI=1S/C13H27N3O/c1-14-13(17)4-3-10-16(2)11-7-12-5-8-15-9-6-12/h12,15H,3-11H2,1-2H3,(H,14,17). The zero-order valence-corrected chi connectivity index (χ0v) is 11.3. The van der Waals surface area contributed by atoms with Crippen LogP contribution in [0.4, 0.5) is 0 Å². The molecule has 4 nitrogen and oxygen atoms in total. The van der Waals surface area contributed by atoms with Crippen molar-refractivity contribution in [2.24, 2.45) is 5.92 Å². The molecule has 1 rings (SSSR count). The molecule has 4 heteroatoms. The lowest BCUT2D eigenvalue weighted by Gasteiger charge is -2.25. The molecule has 1 aliphatic heterocycles. The third kappa shape index (κ3) is 6.64. The monoisotopic (exact) mass is 241 g/mol. The smallest absolute Gasteiger partial charge is 0.219 e. The second-order valence-corrected chi connectivity index (χ2v) is 5.06. The molecule has 0 spiro atoms. The summed E-state index contributed by atoms with van der Waals surface area (Å²) in [6, 6.07) is 0. The van der Waals surface area contributed by atoms with E-state index in [9.17, 15) is 4.79 Å². The van der Waals surface area contributed by atoms with E-state index in [1.807, 2.05) is 0 Å². The molecule has 0 aromatic heterocycles. The van der Waals surface area contributed by atoms with Gasteiger partial charge < -0.3 is 15.5 Å². The van der Waals surface area contributed by atoms with E-state index in [1.54, 1.807) is 7.05 Å². The molecule has 1 saturated heterocycles. The van der Waals surface area contributed by atoms with Crippen LogP contribution in [0, 0.1) is 5.92 Å². The van der Waals surface area contributed by atoms with Crippen molar-refractivity contribution in [3.05, 3.63) is 0 Å². The molecule has 0 aromatic rings. The van der Waals surface area contributed by atoms with Crippen molar-refractivity contribution in [3.63, 3.8) is 0 Å². The fourth-order valence-corrected chi connectivity index (χ4v) is 2.32. The largest absolute Gasteiger partial charge is 0.359 e. The predicted octanol–water partition coefficient (Wildman–Crippen LogP) is 0.834. The zero-order valence-electron chi connectivity index (χ0n) is 11.3. The van der Waals surface area contributed by atoms with Crippen molar-refractivity contribution in [3.8, 4) is 0 Å². The SMILES string of the molecule is CNC(=O)CCCN(C)CCC1CCNCC1. The Morgan fingerprint density at radius 3 is 2.71 bits per heavy atom. The summed E-state index contributed by atoms with van der Waals surface area (Å²) < 4.78 is 0. The van der Waals surface area contributed by atoms with Crippen molar-refractivity contribution < 1.29 is 4.79 Å². The van der Waals surface area contributed by atoms with Gasteiger partial charge in [-0.05, 0) is 64.8 Å². The lowest BCUT2D eigenvalue weighted by atomic mass is 9.94. The van der Waals surface area contributed by atoms with E-state index in [0.717, 1.165) is 18.9 Å². The maximum atomic E-state index is 11.1. The van der Waals surface area contributed by atoms with Crippen molar-refractivity contribution in [2.75, 3.05) is 40.3 Å². The number of carbonyl (C=O) groups excluding carboxylic acids is 1. The van der Waals surface area contributed by atoms with Crippen LogP contribution in [0.2, 0.25) is 0 Å². The van der Waals surface area contributed by atoms with Gasteiger partial charge in [0, 0.05) is 13.5 Å². The molecule has 0 radical (unpaired) electrons. The van der Waals surface area contributed by atoms with Crippen LogP contribution in [0.1, 0.15) is 32.1 Å². The molecule has 1 amide bonds. The van der Waals surface area contributed by atoms with E-state index in [2.05, 4.69) is 22.6 Å². The second-order valence-electron chi connectivity index (χ2n) is 5.06. The highest BCUT2D eigenvalue weighted by molar-refractivity contribution is 5.75. The minimum absolute atomic E-state index is 0.150. The van der Waals surface area contributed by atoms with E-state index in [1.165, 1.54) is 38.9 Å². The highest BCUT2D eigenvalue weighted by atomic mass is 16.1. The third-order valence-electron chi connectivity index (χ3n) is 3.60. The van der Waals surface area contributed by atoms with Crippen LogP contribution in [0.25, 0.3) is 0 Å². The molecular formula is C13H27N3O. The molecule has 1 aliphatic rings. The van der Waals surface area contributed by atoms with Crippen LogP contribution in [0.3, 0.4) is 0 Å². The topological polar surface area (TPSA) is 44.4 Å². The van der Waals surface area contributed by atoms with Gasteiger partial charge in [0.25, 0.3) is 0 Å². The number of hydrogen-bond donors (Lipinski definition) is 2. The Hall–Kier alpha value is -0.610. The van der Waals surface area contributed by atoms with E-state index in [4.69, 9.17) is 0 Å². The van der Waals surface area contributed by atoms with Crippen LogP contribution in [0.5, 0.6) is 0 Å². The summed E-state index contributed by atoms with van der Waals surface area (Å²) >= 11 is 0. The van der Waals surface area contributed by atoms with Crippen LogP contribution < -0.4 is 10.6 Å². The Balaban J connectivity index is 2.00. The van der Waals surface area contributed by atoms with Gasteiger partial charge >= 0.3 is 0 Å². The summed E-state index contributed by atoms with van der Waals surface area (Å²) in [7, 11) is 3.86. The fraction of sp³-hybridized carbons (Fsp3) is 0.923. The summed E-state index contributed by atoms with van der Waals surface area (Å²) in [5, 5.41) is 6.06. The van der Waals surface area contributed by atoms with Gasteiger partial charge in [-0.1, -0.05) is 0 Å². The van der Waals surface area contributed by atoms with Crippen LogP contribution in [0.15, 0.2) is 0 Å². The van der Waals surface area contributed by atoms with Gasteiger partial charge in [-0.25, -0.2) is 0 Å². The quantitative estimate of drug-likeness (QED) is 0.694. The highest BCUT2D eigenvalue weighted by Crippen LogP contribution is 2.15. The van der Waals surface area contributed by atoms with Crippen molar-refractivity contribution in [1.29, 1.82) is 0 Å². The van der Waals surface area contributed by atoms with Gasteiger partial charge in [0.15, 0.2) is 0 Å². The van der Waals surface area contributed by atoms with Gasteiger partial charge in [0.2, 0.25) is 5.91 Å². The average molecular weight is 241 g/mol. The Morgan fingerprint density at radius 2 is 2.06 bits per heavy atom. The predicted molar refractivity (Wildman–Crippen MR) is 71.0 cm³/mol. The lowest BCUT2D eigenvalue weighted by Crippen LogP contribution is -2.30. The average Bonchev–Trinajstić information content (AvgIpc) is 2.37. The maximum Gasteiger partial charge on any atom is 0.219 e. The Labute approximate surface area is 105 Å². The maximum absolute atomic E-state index is 11.1. The number of hydrogen-bond acceptors (Lipinski definition) is 3. The molecule has 1 fully saturated rings. The van der Waals surface area contributed by atoms with Gasteiger partial charge in [-0.2, -0.15) is 0 Å². The summed E-state index contributed by atoms with van der Waals surface area (Å²) in [6.07, 6.45) is 5.56. The number of nitrogens with one attached hydrogen (secondary N) is 2. The Morgan fingerprint density at radius 1 is 1.35 bits per heavy atom. The minimum atomic E-state index is 0.150. The summed E-state index contributed by atoms with van der Waals surface area (Å²) in [6.45, 7) is 4.56. The molecule has 100 valence electrons. The van der Waals surface area contributed by atoms with Crippen molar-refractivity contribution in [1.82, 2.24) is 15.5 Å². The summed E-state index contributed by atoms with van der Waals surface area (Å²) in [5.74, 6) is 1.05. The number of rotatable bonds is 7. The summed E-state index contributed by atoms with van der Waals surface area (Å²) in [5.41, 5.74) is 0. The Bertz CT molecular complexity index is 215. The summed E-state index contributed by atoms with van der Waals surface area (Å²) in [4.78, 5) is 13.4. The fourth-order valence-electron chi connectivity index (χ4n) is 2.32.